The van der Waals surface area contributed by atoms with Crippen LogP contribution in [0.2, 0.25) is 0 Å². The monoisotopic (exact) mass is 601 g/mol. The highest BCUT2D eigenvalue weighted by Crippen LogP contribution is 2.46. The summed E-state index contributed by atoms with van der Waals surface area (Å²) < 4.78 is 17.0. The van der Waals surface area contributed by atoms with E-state index < -0.39 is 8.16 Å². The molecule has 0 amide bonds. The molecule has 0 bridgehead atoms. The predicted octanol–water partition coefficient (Wildman–Crippen LogP) is 13.0. The maximum Gasteiger partial charge on any atom is 0.310 e. The first-order chi connectivity index (χ1) is 21.8. The van der Waals surface area contributed by atoms with Crippen molar-refractivity contribution in [3.63, 3.8) is 0 Å². The van der Waals surface area contributed by atoms with Crippen molar-refractivity contribution in [1.82, 2.24) is 0 Å². The molecule has 1 aromatic heterocycles. The largest absolute Gasteiger partial charge is 0.408 e. The van der Waals surface area contributed by atoms with Crippen molar-refractivity contribution in [2.24, 2.45) is 0 Å². The smallest absolute Gasteiger partial charge is 0.310 e. The first-order valence-electron chi connectivity index (χ1n) is 16.8. The molecule has 3 nitrogen and oxygen atoms in total. The molecule has 1 aliphatic rings. The Morgan fingerprint density at radius 3 is 1.52 bits per heavy atom. The second-order valence-corrected chi connectivity index (χ2v) is 13.9. The summed E-state index contributed by atoms with van der Waals surface area (Å²) in [5.41, 5.74) is 3.15. The van der Waals surface area contributed by atoms with E-state index in [-0.39, 0.29) is 6.04 Å². The minimum absolute atomic E-state index is 0.158. The summed E-state index contributed by atoms with van der Waals surface area (Å²) >= 11 is 0. The number of hydrogen-bond donors (Lipinski definition) is 0. The van der Waals surface area contributed by atoms with Gasteiger partial charge in [0.25, 0.3) is 0 Å². The van der Waals surface area contributed by atoms with Crippen LogP contribution in [0.4, 0.5) is 0 Å². The van der Waals surface area contributed by atoms with Gasteiger partial charge in [0.1, 0.15) is 11.2 Å². The molecule has 0 unspecified atom stereocenters. The molecule has 1 atom stereocenters. The quantitative estimate of drug-likeness (QED) is 0.201. The lowest BCUT2D eigenvalue weighted by Gasteiger charge is -2.34. The summed E-state index contributed by atoms with van der Waals surface area (Å²) in [5, 5.41) is 7.13. The van der Waals surface area contributed by atoms with Crippen molar-refractivity contribution >= 4 is 51.6 Å². The van der Waals surface area contributed by atoms with E-state index in [1.165, 1.54) is 97.7 Å². The standard InChI is InChI=1S/C40H44NO2P/c1-30(31-18-10-9-11-19-31)41(34-22-12-7-5-3-2-4-6-8-13-23-34)44-42-37-28-26-32-20-14-16-24-35(32)39(37)40-36-25-17-15-21-33(36)27-29-38(40)43-44/h9-11,14-21,24-30,34H,2-8,12-13,22-23H2,1H3/t30-/m0/s1. The van der Waals surface area contributed by atoms with Crippen LogP contribution in [0.25, 0.3) is 43.5 Å². The molecule has 5 aromatic carbocycles. The van der Waals surface area contributed by atoms with Crippen LogP contribution in [-0.4, -0.2) is 6.04 Å². The zero-order valence-electron chi connectivity index (χ0n) is 26.0. The third-order valence-electron chi connectivity index (χ3n) is 9.70. The molecule has 226 valence electrons. The van der Waals surface area contributed by atoms with Gasteiger partial charge in [-0.2, -0.15) is 4.67 Å². The lowest BCUT2D eigenvalue weighted by Crippen LogP contribution is -2.35. The molecule has 1 saturated carbocycles. The van der Waals surface area contributed by atoms with Crippen LogP contribution < -0.4 is 4.67 Å². The minimum atomic E-state index is -1.45. The molecule has 1 heterocycles. The average Bonchev–Trinajstić information content (AvgIpc) is 3.23. The number of nitrogens with zero attached hydrogens (tertiary/aromatic N) is 1. The van der Waals surface area contributed by atoms with E-state index in [1.807, 2.05) is 0 Å². The first-order valence-corrected chi connectivity index (χ1v) is 17.9. The fourth-order valence-corrected chi connectivity index (χ4v) is 9.11. The fourth-order valence-electron chi connectivity index (χ4n) is 7.33. The van der Waals surface area contributed by atoms with Crippen molar-refractivity contribution in [1.29, 1.82) is 0 Å². The Bertz CT molecular complexity index is 1790. The van der Waals surface area contributed by atoms with Crippen molar-refractivity contribution in [2.75, 3.05) is 4.67 Å². The summed E-state index contributed by atoms with van der Waals surface area (Å²) in [7, 11) is -1.45. The van der Waals surface area contributed by atoms with Crippen LogP contribution in [0, 0.1) is 0 Å². The summed E-state index contributed by atoms with van der Waals surface area (Å²) in [4.78, 5) is 0. The Labute approximate surface area is 262 Å². The Morgan fingerprint density at radius 1 is 0.545 bits per heavy atom. The molecular weight excluding hydrogens is 557 g/mol. The lowest BCUT2D eigenvalue weighted by molar-refractivity contribution is 0.428. The summed E-state index contributed by atoms with van der Waals surface area (Å²) in [6.45, 7) is 2.36. The molecule has 0 radical (unpaired) electrons. The van der Waals surface area contributed by atoms with Gasteiger partial charge in [-0.25, -0.2) is 0 Å². The molecule has 44 heavy (non-hydrogen) atoms. The molecule has 0 aliphatic heterocycles. The maximum absolute atomic E-state index is 7.20. The van der Waals surface area contributed by atoms with Gasteiger partial charge in [0.05, 0.1) is 0 Å². The minimum Gasteiger partial charge on any atom is -0.408 e. The van der Waals surface area contributed by atoms with Crippen molar-refractivity contribution in [3.8, 4) is 0 Å². The third-order valence-corrected chi connectivity index (χ3v) is 11.5. The molecular formula is C40H44NO2P. The molecule has 0 spiro atoms. The van der Waals surface area contributed by atoms with Crippen LogP contribution in [0.15, 0.2) is 112 Å². The van der Waals surface area contributed by atoms with E-state index in [2.05, 4.69) is 115 Å². The molecule has 7 rings (SSSR count). The number of fused-ring (bicyclic) bond motifs is 7. The van der Waals surface area contributed by atoms with E-state index >= 15 is 0 Å². The van der Waals surface area contributed by atoms with Gasteiger partial charge in [0.2, 0.25) is 0 Å². The highest BCUT2D eigenvalue weighted by molar-refractivity contribution is 7.39. The maximum atomic E-state index is 7.20. The second-order valence-electron chi connectivity index (χ2n) is 12.6. The third kappa shape index (κ3) is 6.06. The van der Waals surface area contributed by atoms with E-state index in [9.17, 15) is 0 Å². The fraction of sp³-hybridized carbons (Fsp3) is 0.350. The van der Waals surface area contributed by atoms with E-state index in [1.54, 1.807) is 0 Å². The SMILES string of the molecule is C[C@@H](c1ccccc1)N(C1CCCCCCCCCCC1)p1oc2ccc3ccccc3c2c2c(ccc3ccccc32)o1. The highest BCUT2D eigenvalue weighted by Gasteiger charge is 2.30. The van der Waals surface area contributed by atoms with Crippen LogP contribution in [-0.2, 0) is 0 Å². The zero-order valence-corrected chi connectivity index (χ0v) is 26.9. The van der Waals surface area contributed by atoms with Gasteiger partial charge in [-0.1, -0.05) is 149 Å². The van der Waals surface area contributed by atoms with Gasteiger partial charge >= 0.3 is 8.16 Å². The summed E-state index contributed by atoms with van der Waals surface area (Å²) in [6.07, 6.45) is 14.4. The van der Waals surface area contributed by atoms with E-state index in [0.717, 1.165) is 21.9 Å². The molecule has 4 heteroatoms. The van der Waals surface area contributed by atoms with Crippen molar-refractivity contribution in [2.45, 2.75) is 89.6 Å². The van der Waals surface area contributed by atoms with Crippen LogP contribution in [0.5, 0.6) is 0 Å². The number of benzene rings is 5. The summed E-state index contributed by atoms with van der Waals surface area (Å²) in [6, 6.07) is 37.7. The number of rotatable bonds is 4. The average molecular weight is 602 g/mol. The van der Waals surface area contributed by atoms with Crippen LogP contribution in [0.3, 0.4) is 0 Å². The Kier molecular flexibility index (Phi) is 9.05. The van der Waals surface area contributed by atoms with Crippen LogP contribution in [0.1, 0.15) is 89.2 Å². The molecule has 0 N–H and O–H groups in total. The van der Waals surface area contributed by atoms with Gasteiger partial charge in [0, 0.05) is 22.9 Å². The highest BCUT2D eigenvalue weighted by atomic mass is 31.1. The summed E-state index contributed by atoms with van der Waals surface area (Å²) in [5.74, 6) is 0. The molecule has 6 aromatic rings. The van der Waals surface area contributed by atoms with Crippen molar-refractivity contribution in [3.05, 3.63) is 109 Å². The molecule has 1 fully saturated rings. The van der Waals surface area contributed by atoms with Gasteiger partial charge in [-0.3, -0.25) is 0 Å². The topological polar surface area (TPSA) is 29.5 Å². The number of hydrogen-bond acceptors (Lipinski definition) is 3. The second kappa shape index (κ2) is 13.6. The van der Waals surface area contributed by atoms with E-state index in [4.69, 9.17) is 8.39 Å². The Balaban J connectivity index is 1.48. The molecule has 1 aliphatic carbocycles. The molecule has 0 saturated heterocycles. The van der Waals surface area contributed by atoms with Crippen molar-refractivity contribution < 1.29 is 8.39 Å². The Hall–Kier alpha value is -3.52. The van der Waals surface area contributed by atoms with Gasteiger partial charge < -0.3 is 8.39 Å². The van der Waals surface area contributed by atoms with Gasteiger partial charge in [-0.05, 0) is 59.0 Å². The van der Waals surface area contributed by atoms with Gasteiger partial charge in [0.15, 0.2) is 0 Å². The zero-order chi connectivity index (χ0) is 29.7. The first kappa shape index (κ1) is 29.2. The van der Waals surface area contributed by atoms with Gasteiger partial charge in [-0.15, -0.1) is 0 Å². The lowest BCUT2D eigenvalue weighted by atomic mass is 9.96. The normalized spacial score (nSPS) is 16.7. The van der Waals surface area contributed by atoms with Crippen LogP contribution >= 0.6 is 8.16 Å². The van der Waals surface area contributed by atoms with E-state index in [0.29, 0.717) is 6.04 Å². The Morgan fingerprint density at radius 2 is 1.00 bits per heavy atom. The predicted molar refractivity (Wildman–Crippen MR) is 189 cm³/mol.